The van der Waals surface area contributed by atoms with E-state index in [-0.39, 0.29) is 17.6 Å². The summed E-state index contributed by atoms with van der Waals surface area (Å²) in [6.07, 6.45) is 0. The van der Waals surface area contributed by atoms with Crippen LogP contribution >= 0.6 is 0 Å². The molecule has 0 bridgehead atoms. The van der Waals surface area contributed by atoms with Gasteiger partial charge in [-0.05, 0) is 65.6 Å². The molecule has 4 aromatic carbocycles. The van der Waals surface area contributed by atoms with Crippen LogP contribution in [0.3, 0.4) is 0 Å². The van der Waals surface area contributed by atoms with Crippen molar-refractivity contribution in [3.8, 4) is 28.1 Å². The molecule has 0 spiro atoms. The highest BCUT2D eigenvalue weighted by molar-refractivity contribution is 6.12. The van der Waals surface area contributed by atoms with Crippen LogP contribution in [0, 0.1) is 5.82 Å². The van der Waals surface area contributed by atoms with Crippen LogP contribution in [0.15, 0.2) is 115 Å². The lowest BCUT2D eigenvalue weighted by Crippen LogP contribution is -2.16. The van der Waals surface area contributed by atoms with Crippen LogP contribution in [0.1, 0.15) is 35.8 Å². The number of amides is 1. The number of hydrogen-bond acceptors (Lipinski definition) is 1. The maximum atomic E-state index is 14.0. The van der Waals surface area contributed by atoms with Crippen molar-refractivity contribution in [1.82, 2.24) is 4.57 Å². The standard InChI is InChI=1S/C32H27FN2O/c1-22(2)30-29(32(36)34-26-14-8-4-9-15-26)28(23-12-6-3-7-13-23)31(24-18-20-25(33)21-19-24)35(30)27-16-10-5-11-17-27/h3-22H,1-2H3,(H,34,36). The van der Waals surface area contributed by atoms with E-state index in [4.69, 9.17) is 0 Å². The number of benzene rings is 4. The topological polar surface area (TPSA) is 34.0 Å². The Kier molecular flexibility index (Phi) is 6.50. The van der Waals surface area contributed by atoms with Crippen molar-refractivity contribution in [2.45, 2.75) is 19.8 Å². The summed E-state index contributed by atoms with van der Waals surface area (Å²) in [6, 6.07) is 35.9. The highest BCUT2D eigenvalue weighted by Crippen LogP contribution is 2.44. The minimum atomic E-state index is -0.302. The van der Waals surface area contributed by atoms with Crippen molar-refractivity contribution >= 4 is 11.6 Å². The Labute approximate surface area is 210 Å². The van der Waals surface area contributed by atoms with E-state index in [2.05, 4.69) is 23.7 Å². The van der Waals surface area contributed by atoms with Crippen LogP contribution in [0.5, 0.6) is 0 Å². The molecule has 0 fully saturated rings. The van der Waals surface area contributed by atoms with Gasteiger partial charge in [0, 0.05) is 22.6 Å². The Morgan fingerprint density at radius 1 is 0.722 bits per heavy atom. The number of nitrogens with one attached hydrogen (secondary N) is 1. The van der Waals surface area contributed by atoms with Crippen molar-refractivity contribution in [3.63, 3.8) is 0 Å². The second-order valence-corrected chi connectivity index (χ2v) is 9.00. The van der Waals surface area contributed by atoms with Crippen LogP contribution < -0.4 is 5.32 Å². The monoisotopic (exact) mass is 474 g/mol. The molecule has 178 valence electrons. The predicted octanol–water partition coefficient (Wildman–Crippen LogP) is 8.33. The Morgan fingerprint density at radius 3 is 1.86 bits per heavy atom. The van der Waals surface area contributed by atoms with Crippen LogP contribution in [-0.4, -0.2) is 10.5 Å². The third kappa shape index (κ3) is 4.46. The molecular weight excluding hydrogens is 447 g/mol. The predicted molar refractivity (Wildman–Crippen MR) is 145 cm³/mol. The molecule has 0 radical (unpaired) electrons. The molecule has 1 heterocycles. The van der Waals surface area contributed by atoms with Gasteiger partial charge in [0.15, 0.2) is 0 Å². The van der Waals surface area contributed by atoms with E-state index in [1.807, 2.05) is 91.0 Å². The van der Waals surface area contributed by atoms with Crippen molar-refractivity contribution in [2.24, 2.45) is 0 Å². The molecule has 1 aromatic heterocycles. The lowest BCUT2D eigenvalue weighted by atomic mass is 9.94. The van der Waals surface area contributed by atoms with Gasteiger partial charge in [-0.25, -0.2) is 4.39 Å². The third-order valence-electron chi connectivity index (χ3n) is 6.21. The first-order valence-corrected chi connectivity index (χ1v) is 12.1. The third-order valence-corrected chi connectivity index (χ3v) is 6.21. The molecule has 0 atom stereocenters. The van der Waals surface area contributed by atoms with E-state index in [9.17, 15) is 9.18 Å². The Hall–Kier alpha value is -4.44. The average molecular weight is 475 g/mol. The first-order chi connectivity index (χ1) is 17.5. The molecule has 5 rings (SSSR count). The van der Waals surface area contributed by atoms with Gasteiger partial charge >= 0.3 is 0 Å². The van der Waals surface area contributed by atoms with Gasteiger partial charge in [0.05, 0.1) is 11.3 Å². The summed E-state index contributed by atoms with van der Waals surface area (Å²) >= 11 is 0. The highest BCUT2D eigenvalue weighted by Gasteiger charge is 2.31. The SMILES string of the molecule is CC(C)c1c(C(=O)Nc2ccccc2)c(-c2ccccc2)c(-c2ccc(F)cc2)n1-c1ccccc1. The zero-order valence-electron chi connectivity index (χ0n) is 20.3. The quantitative estimate of drug-likeness (QED) is 0.264. The molecule has 0 saturated heterocycles. The van der Waals surface area contributed by atoms with Gasteiger partial charge in [-0.15, -0.1) is 0 Å². The molecule has 1 amide bonds. The molecule has 0 saturated carbocycles. The number of anilines is 1. The zero-order valence-corrected chi connectivity index (χ0v) is 20.3. The summed E-state index contributed by atoms with van der Waals surface area (Å²) in [7, 11) is 0. The van der Waals surface area contributed by atoms with E-state index in [1.54, 1.807) is 12.1 Å². The second-order valence-electron chi connectivity index (χ2n) is 9.00. The average Bonchev–Trinajstić information content (AvgIpc) is 3.27. The van der Waals surface area contributed by atoms with Gasteiger partial charge in [-0.3, -0.25) is 4.79 Å². The molecular formula is C32H27FN2O. The molecule has 0 unspecified atom stereocenters. The Bertz CT molecular complexity index is 1470. The number of carbonyl (C=O) groups excluding carboxylic acids is 1. The molecule has 0 aliphatic carbocycles. The molecule has 5 aromatic rings. The normalized spacial score (nSPS) is 11.0. The van der Waals surface area contributed by atoms with Crippen LogP contribution in [-0.2, 0) is 0 Å². The summed E-state index contributed by atoms with van der Waals surface area (Å²) < 4.78 is 16.1. The van der Waals surface area contributed by atoms with E-state index < -0.39 is 0 Å². The zero-order chi connectivity index (χ0) is 25.1. The van der Waals surface area contributed by atoms with Gasteiger partial charge in [0.2, 0.25) is 0 Å². The van der Waals surface area contributed by atoms with Crippen molar-refractivity contribution in [2.75, 3.05) is 5.32 Å². The maximum absolute atomic E-state index is 14.0. The Morgan fingerprint density at radius 2 is 1.28 bits per heavy atom. The second kappa shape index (κ2) is 10.0. The van der Waals surface area contributed by atoms with Gasteiger partial charge in [0.1, 0.15) is 5.82 Å². The molecule has 0 aliphatic rings. The molecule has 4 heteroatoms. The lowest BCUT2D eigenvalue weighted by molar-refractivity contribution is 0.102. The Balaban J connectivity index is 1.88. The van der Waals surface area contributed by atoms with Crippen LogP contribution in [0.4, 0.5) is 10.1 Å². The van der Waals surface area contributed by atoms with Gasteiger partial charge in [-0.1, -0.05) is 80.6 Å². The minimum absolute atomic E-state index is 0.0263. The molecule has 3 nitrogen and oxygen atoms in total. The summed E-state index contributed by atoms with van der Waals surface area (Å²) in [4.78, 5) is 14.0. The fourth-order valence-electron chi connectivity index (χ4n) is 4.69. The van der Waals surface area contributed by atoms with Gasteiger partial charge in [-0.2, -0.15) is 0 Å². The first-order valence-electron chi connectivity index (χ1n) is 12.1. The smallest absolute Gasteiger partial charge is 0.258 e. The minimum Gasteiger partial charge on any atom is -0.322 e. The maximum Gasteiger partial charge on any atom is 0.258 e. The van der Waals surface area contributed by atoms with E-state index in [0.717, 1.165) is 39.5 Å². The largest absolute Gasteiger partial charge is 0.322 e. The summed E-state index contributed by atoms with van der Waals surface area (Å²) in [5, 5.41) is 3.10. The van der Waals surface area contributed by atoms with Gasteiger partial charge in [0.25, 0.3) is 5.91 Å². The van der Waals surface area contributed by atoms with Crippen molar-refractivity contribution in [3.05, 3.63) is 132 Å². The summed E-state index contributed by atoms with van der Waals surface area (Å²) in [5.41, 5.74) is 6.61. The van der Waals surface area contributed by atoms with E-state index >= 15 is 0 Å². The molecule has 1 N–H and O–H groups in total. The fraction of sp³-hybridized carbons (Fsp3) is 0.0938. The number of rotatable bonds is 6. The molecule has 36 heavy (non-hydrogen) atoms. The summed E-state index contributed by atoms with van der Waals surface area (Å²) in [6.45, 7) is 4.19. The number of carbonyl (C=O) groups is 1. The molecule has 0 aliphatic heterocycles. The number of aromatic nitrogens is 1. The van der Waals surface area contributed by atoms with Crippen molar-refractivity contribution in [1.29, 1.82) is 0 Å². The van der Waals surface area contributed by atoms with E-state index in [0.29, 0.717) is 5.56 Å². The lowest BCUT2D eigenvalue weighted by Gasteiger charge is -2.17. The first kappa shape index (κ1) is 23.3. The summed E-state index contributed by atoms with van der Waals surface area (Å²) in [5.74, 6) is -0.454. The van der Waals surface area contributed by atoms with E-state index in [1.165, 1.54) is 12.1 Å². The van der Waals surface area contributed by atoms with Crippen LogP contribution in [0.2, 0.25) is 0 Å². The number of hydrogen-bond donors (Lipinski definition) is 1. The fourth-order valence-corrected chi connectivity index (χ4v) is 4.69. The van der Waals surface area contributed by atoms with Crippen LogP contribution in [0.25, 0.3) is 28.1 Å². The highest BCUT2D eigenvalue weighted by atomic mass is 19.1. The number of halogens is 1. The van der Waals surface area contributed by atoms with Crippen molar-refractivity contribution < 1.29 is 9.18 Å². The number of para-hydroxylation sites is 2. The van der Waals surface area contributed by atoms with Gasteiger partial charge < -0.3 is 9.88 Å². The number of nitrogens with zero attached hydrogens (tertiary/aromatic N) is 1.